The molecule has 2 heterocycles. The van der Waals surface area contributed by atoms with E-state index in [0.717, 1.165) is 25.0 Å². The van der Waals surface area contributed by atoms with Crippen molar-refractivity contribution in [2.75, 3.05) is 25.0 Å². The molecule has 0 radical (unpaired) electrons. The third kappa shape index (κ3) is 2.14. The summed E-state index contributed by atoms with van der Waals surface area (Å²) in [5.74, 6) is -1.27. The Hall–Kier alpha value is -1.67. The van der Waals surface area contributed by atoms with Crippen LogP contribution in [0.25, 0.3) is 0 Å². The first kappa shape index (κ1) is 13.3. The standard InChI is InChI=1S/C15H17F2N3/c1-19-11-2-3-12(19)9-20(5-4-11)15-13(16)6-10(8-18)7-14(15)17/h6-7,11-12H,2-5,9H2,1H3. The number of anilines is 1. The number of nitriles is 1. The molecule has 106 valence electrons. The molecule has 2 unspecified atom stereocenters. The Kier molecular flexibility index (Phi) is 3.35. The number of nitrogens with zero attached hydrogens (tertiary/aromatic N) is 3. The Balaban J connectivity index is 1.92. The van der Waals surface area contributed by atoms with Crippen LogP contribution < -0.4 is 4.90 Å². The Morgan fingerprint density at radius 2 is 1.80 bits per heavy atom. The largest absolute Gasteiger partial charge is 0.365 e. The molecule has 2 saturated heterocycles. The second kappa shape index (κ2) is 5.02. The first-order valence-electron chi connectivity index (χ1n) is 6.96. The van der Waals surface area contributed by atoms with Gasteiger partial charge in [-0.15, -0.1) is 0 Å². The molecule has 20 heavy (non-hydrogen) atoms. The van der Waals surface area contributed by atoms with Crippen LogP contribution in [0, 0.1) is 23.0 Å². The molecule has 0 spiro atoms. The van der Waals surface area contributed by atoms with Crippen LogP contribution in [0.2, 0.25) is 0 Å². The fraction of sp³-hybridized carbons (Fsp3) is 0.533. The topological polar surface area (TPSA) is 30.3 Å². The normalized spacial score (nSPS) is 26.4. The number of likely N-dealkylation sites (N-methyl/N-ethyl adjacent to an activating group) is 1. The maximum atomic E-state index is 14.1. The van der Waals surface area contributed by atoms with Gasteiger partial charge in [-0.2, -0.15) is 5.26 Å². The van der Waals surface area contributed by atoms with Crippen molar-refractivity contribution in [2.45, 2.75) is 31.3 Å². The second-order valence-corrected chi connectivity index (χ2v) is 5.69. The molecule has 2 atom stereocenters. The molecule has 2 bridgehead atoms. The van der Waals surface area contributed by atoms with E-state index in [0.29, 0.717) is 25.2 Å². The van der Waals surface area contributed by atoms with Crippen LogP contribution in [0.5, 0.6) is 0 Å². The van der Waals surface area contributed by atoms with Gasteiger partial charge < -0.3 is 4.90 Å². The lowest BCUT2D eigenvalue weighted by atomic mass is 10.1. The van der Waals surface area contributed by atoms with Crippen LogP contribution in [-0.4, -0.2) is 37.1 Å². The zero-order valence-electron chi connectivity index (χ0n) is 11.4. The Bertz CT molecular complexity index is 544. The molecule has 1 aromatic carbocycles. The van der Waals surface area contributed by atoms with Gasteiger partial charge in [0.25, 0.3) is 0 Å². The van der Waals surface area contributed by atoms with E-state index in [1.807, 2.05) is 0 Å². The van der Waals surface area contributed by atoms with Crippen molar-refractivity contribution in [2.24, 2.45) is 0 Å². The van der Waals surface area contributed by atoms with Crippen LogP contribution >= 0.6 is 0 Å². The summed E-state index contributed by atoms with van der Waals surface area (Å²) in [7, 11) is 2.09. The van der Waals surface area contributed by atoms with Crippen LogP contribution in [0.3, 0.4) is 0 Å². The van der Waals surface area contributed by atoms with Gasteiger partial charge in [-0.05, 0) is 38.4 Å². The highest BCUT2D eigenvalue weighted by Crippen LogP contribution is 2.33. The molecule has 0 amide bonds. The molecule has 0 aliphatic carbocycles. The van der Waals surface area contributed by atoms with E-state index < -0.39 is 11.6 Å². The fourth-order valence-corrected chi connectivity index (χ4v) is 3.44. The molecule has 3 nitrogen and oxygen atoms in total. The van der Waals surface area contributed by atoms with E-state index in [-0.39, 0.29) is 11.3 Å². The average molecular weight is 277 g/mol. The number of hydrogen-bond acceptors (Lipinski definition) is 3. The quantitative estimate of drug-likeness (QED) is 0.790. The van der Waals surface area contributed by atoms with E-state index in [9.17, 15) is 8.78 Å². The van der Waals surface area contributed by atoms with E-state index in [4.69, 9.17) is 5.26 Å². The van der Waals surface area contributed by atoms with Crippen LogP contribution in [0.15, 0.2) is 12.1 Å². The smallest absolute Gasteiger partial charge is 0.150 e. The van der Waals surface area contributed by atoms with Crippen molar-refractivity contribution in [3.8, 4) is 6.07 Å². The molecule has 0 aromatic heterocycles. The zero-order chi connectivity index (χ0) is 14.3. The summed E-state index contributed by atoms with van der Waals surface area (Å²) < 4.78 is 28.2. The van der Waals surface area contributed by atoms with Gasteiger partial charge in [-0.3, -0.25) is 4.90 Å². The van der Waals surface area contributed by atoms with Crippen LogP contribution in [0.4, 0.5) is 14.5 Å². The molecule has 0 saturated carbocycles. The summed E-state index contributed by atoms with van der Waals surface area (Å²) in [6.07, 6.45) is 3.18. The highest BCUT2D eigenvalue weighted by Gasteiger charge is 2.35. The Morgan fingerprint density at radius 1 is 1.15 bits per heavy atom. The lowest BCUT2D eigenvalue weighted by Gasteiger charge is -2.28. The predicted molar refractivity (Wildman–Crippen MR) is 72.5 cm³/mol. The van der Waals surface area contributed by atoms with Gasteiger partial charge in [0.15, 0.2) is 11.6 Å². The van der Waals surface area contributed by atoms with Crippen LogP contribution in [0.1, 0.15) is 24.8 Å². The molecular formula is C15H17F2N3. The lowest BCUT2D eigenvalue weighted by Crippen LogP contribution is -2.37. The maximum absolute atomic E-state index is 14.1. The number of rotatable bonds is 1. The van der Waals surface area contributed by atoms with Gasteiger partial charge in [0.05, 0.1) is 11.6 Å². The van der Waals surface area contributed by atoms with Gasteiger partial charge in [0, 0.05) is 25.2 Å². The zero-order valence-corrected chi connectivity index (χ0v) is 11.4. The van der Waals surface area contributed by atoms with E-state index >= 15 is 0 Å². The highest BCUT2D eigenvalue weighted by atomic mass is 19.1. The van der Waals surface area contributed by atoms with Crippen LogP contribution in [-0.2, 0) is 0 Å². The third-order valence-electron chi connectivity index (χ3n) is 4.61. The molecule has 2 aliphatic rings. The molecule has 1 aromatic rings. The molecule has 0 N–H and O–H groups in total. The average Bonchev–Trinajstić information content (AvgIpc) is 2.65. The summed E-state index contributed by atoms with van der Waals surface area (Å²) in [6.45, 7) is 1.30. The van der Waals surface area contributed by atoms with Crippen molar-refractivity contribution >= 4 is 5.69 Å². The second-order valence-electron chi connectivity index (χ2n) is 5.69. The summed E-state index contributed by atoms with van der Waals surface area (Å²) >= 11 is 0. The van der Waals surface area contributed by atoms with Crippen molar-refractivity contribution in [3.05, 3.63) is 29.3 Å². The van der Waals surface area contributed by atoms with Crippen molar-refractivity contribution in [1.82, 2.24) is 4.90 Å². The number of halogens is 2. The molecule has 3 rings (SSSR count). The number of hydrogen-bond donors (Lipinski definition) is 0. The molecule has 2 aliphatic heterocycles. The molecule has 2 fully saturated rings. The summed E-state index contributed by atoms with van der Waals surface area (Å²) in [5, 5.41) is 8.75. The van der Waals surface area contributed by atoms with E-state index in [2.05, 4.69) is 11.9 Å². The fourth-order valence-electron chi connectivity index (χ4n) is 3.44. The minimum Gasteiger partial charge on any atom is -0.365 e. The Labute approximate surface area is 117 Å². The summed E-state index contributed by atoms with van der Waals surface area (Å²) in [4.78, 5) is 4.13. The van der Waals surface area contributed by atoms with Crippen molar-refractivity contribution in [3.63, 3.8) is 0 Å². The molecular weight excluding hydrogens is 260 g/mol. The van der Waals surface area contributed by atoms with Crippen molar-refractivity contribution in [1.29, 1.82) is 5.26 Å². The first-order chi connectivity index (χ1) is 9.60. The highest BCUT2D eigenvalue weighted by molar-refractivity contribution is 5.53. The van der Waals surface area contributed by atoms with E-state index in [1.165, 1.54) is 6.42 Å². The summed E-state index contributed by atoms with van der Waals surface area (Å²) in [6, 6.07) is 4.89. The first-order valence-corrected chi connectivity index (χ1v) is 6.96. The minimum absolute atomic E-state index is 0.0185. The van der Waals surface area contributed by atoms with E-state index in [1.54, 1.807) is 11.0 Å². The van der Waals surface area contributed by atoms with Gasteiger partial charge >= 0.3 is 0 Å². The van der Waals surface area contributed by atoms with Gasteiger partial charge in [0.2, 0.25) is 0 Å². The van der Waals surface area contributed by atoms with Gasteiger partial charge in [-0.1, -0.05) is 0 Å². The van der Waals surface area contributed by atoms with Gasteiger partial charge in [-0.25, -0.2) is 8.78 Å². The summed E-state index contributed by atoms with van der Waals surface area (Å²) in [5.41, 5.74) is 0.0437. The van der Waals surface area contributed by atoms with Gasteiger partial charge in [0.1, 0.15) is 5.69 Å². The van der Waals surface area contributed by atoms with Crippen molar-refractivity contribution < 1.29 is 8.78 Å². The maximum Gasteiger partial charge on any atom is 0.150 e. The number of benzene rings is 1. The molecule has 5 heteroatoms. The number of fused-ring (bicyclic) bond motifs is 2. The predicted octanol–water partition coefficient (Wildman–Crippen LogP) is 2.51. The SMILES string of the molecule is CN1C2CCC1CN(c1c(F)cc(C#N)cc1F)CC2. The monoisotopic (exact) mass is 277 g/mol. The lowest BCUT2D eigenvalue weighted by molar-refractivity contribution is 0.254. The minimum atomic E-state index is -0.637. The third-order valence-corrected chi connectivity index (χ3v) is 4.61. The Morgan fingerprint density at radius 3 is 2.45 bits per heavy atom.